The maximum Gasteiger partial charge on any atom is 0.339 e. The molecule has 0 unspecified atom stereocenters. The Morgan fingerprint density at radius 3 is 1.03 bits per heavy atom. The molecule has 0 radical (unpaired) electrons. The van der Waals surface area contributed by atoms with Crippen molar-refractivity contribution in [3.8, 4) is 0 Å². The molecule has 0 aliphatic heterocycles. The smallest absolute Gasteiger partial charge is 0.339 e. The van der Waals surface area contributed by atoms with Crippen LogP contribution in [0, 0.1) is 0 Å². The van der Waals surface area contributed by atoms with E-state index >= 15 is 0 Å². The molecule has 0 aromatic carbocycles. The number of unbranched alkanes of at least 4 members (excludes halogenated alkanes) is 12. The molecule has 29 heavy (non-hydrogen) atoms. The van der Waals surface area contributed by atoms with E-state index in [1.54, 1.807) is 0 Å². The van der Waals surface area contributed by atoms with Crippen molar-refractivity contribution in [2.75, 3.05) is 26.2 Å². The van der Waals surface area contributed by atoms with Crippen LogP contribution in [0.15, 0.2) is 0 Å². The van der Waals surface area contributed by atoms with E-state index in [4.69, 9.17) is 15.1 Å². The van der Waals surface area contributed by atoms with Crippen LogP contribution in [0.25, 0.3) is 0 Å². The van der Waals surface area contributed by atoms with E-state index in [1.165, 1.54) is 133 Å². The molecule has 0 fully saturated rings. The summed E-state index contributed by atoms with van der Waals surface area (Å²) in [6.45, 7) is 15.2. The lowest BCUT2D eigenvalue weighted by Crippen LogP contribution is -2.50. The van der Waals surface area contributed by atoms with Crippen molar-refractivity contribution in [2.24, 2.45) is 0 Å². The van der Waals surface area contributed by atoms with E-state index in [0.29, 0.717) is 0 Å². The van der Waals surface area contributed by atoms with E-state index in [0.717, 1.165) is 0 Å². The molecule has 4 nitrogen and oxygen atoms in total. The van der Waals surface area contributed by atoms with E-state index in [9.17, 15) is 0 Å². The first-order valence-electron chi connectivity index (χ1n) is 12.8. The monoisotopic (exact) mass is 415 g/mol. The minimum Gasteiger partial charge on any atom is -0.832 e. The van der Waals surface area contributed by atoms with Crippen molar-refractivity contribution in [1.29, 1.82) is 0 Å². The van der Waals surface area contributed by atoms with Gasteiger partial charge in [0.1, 0.15) is 0 Å². The van der Waals surface area contributed by atoms with Gasteiger partial charge in [0.2, 0.25) is 0 Å². The lowest BCUT2D eigenvalue weighted by Gasteiger charge is -2.39. The molecule has 0 amide bonds. The number of rotatable bonds is 20. The van der Waals surface area contributed by atoms with Gasteiger partial charge in [0.05, 0.1) is 26.2 Å². The van der Waals surface area contributed by atoms with Gasteiger partial charge < -0.3 is 19.6 Å². The second-order valence-electron chi connectivity index (χ2n) is 8.80. The Morgan fingerprint density at radius 2 is 0.724 bits per heavy atom. The van der Waals surface area contributed by atoms with Gasteiger partial charge in [-0.25, -0.2) is 0 Å². The zero-order chi connectivity index (χ0) is 22.2. The molecular formula is C24H54BNO3. The van der Waals surface area contributed by atoms with Crippen LogP contribution in [-0.2, 0) is 0 Å². The zero-order valence-corrected chi connectivity index (χ0v) is 20.5. The summed E-state index contributed by atoms with van der Waals surface area (Å²) in [5.41, 5.74) is 0. The summed E-state index contributed by atoms with van der Waals surface area (Å²) in [4.78, 5) is 0. The number of quaternary nitrogens is 1. The Bertz CT molecular complexity index is 275. The van der Waals surface area contributed by atoms with Gasteiger partial charge >= 0.3 is 7.32 Å². The van der Waals surface area contributed by atoms with Crippen molar-refractivity contribution in [1.82, 2.24) is 0 Å². The molecule has 0 saturated heterocycles. The third-order valence-corrected chi connectivity index (χ3v) is 5.94. The second kappa shape index (κ2) is 24.2. The summed E-state index contributed by atoms with van der Waals surface area (Å²) in [6, 6.07) is 0. The summed E-state index contributed by atoms with van der Waals surface area (Å²) in [6.07, 6.45) is 22.9. The molecule has 5 heteroatoms. The number of nitrogens with zero attached hydrogens (tertiary/aromatic N) is 1. The summed E-state index contributed by atoms with van der Waals surface area (Å²) in [5.74, 6) is 0. The van der Waals surface area contributed by atoms with Crippen molar-refractivity contribution < 1.29 is 19.6 Å². The van der Waals surface area contributed by atoms with E-state index in [-0.39, 0.29) is 0 Å². The molecule has 0 saturated carbocycles. The normalized spacial score (nSPS) is 11.3. The minimum atomic E-state index is -2.42. The van der Waals surface area contributed by atoms with Gasteiger partial charge in [0.25, 0.3) is 0 Å². The molecule has 0 bridgehead atoms. The van der Waals surface area contributed by atoms with Gasteiger partial charge in [-0.2, -0.15) is 0 Å². The molecular weight excluding hydrogens is 361 g/mol. The Hall–Kier alpha value is -0.0951. The quantitative estimate of drug-likeness (QED) is 0.158. The first kappa shape index (κ1) is 31.1. The molecule has 0 atom stereocenters. The van der Waals surface area contributed by atoms with Crippen LogP contribution < -0.4 is 5.02 Å². The van der Waals surface area contributed by atoms with Crippen molar-refractivity contribution in [3.63, 3.8) is 0 Å². The summed E-state index contributed by atoms with van der Waals surface area (Å²) in [7, 11) is -2.42. The lowest BCUT2D eigenvalue weighted by atomic mass is 10.1. The van der Waals surface area contributed by atoms with Crippen molar-refractivity contribution in [3.05, 3.63) is 0 Å². The Labute approximate surface area is 183 Å². The highest BCUT2D eigenvalue weighted by Gasteiger charge is 2.25. The zero-order valence-electron chi connectivity index (χ0n) is 20.5. The fourth-order valence-electron chi connectivity index (χ4n) is 4.11. The Morgan fingerprint density at radius 1 is 0.483 bits per heavy atom. The molecule has 0 aromatic rings. The molecule has 0 heterocycles. The highest BCUT2D eigenvalue weighted by atomic mass is 16.5. The van der Waals surface area contributed by atoms with Crippen LogP contribution in [0.3, 0.4) is 0 Å². The highest BCUT2D eigenvalue weighted by Crippen LogP contribution is 2.18. The maximum absolute atomic E-state index is 8.64. The minimum absolute atomic E-state index is 1.36. The van der Waals surface area contributed by atoms with Crippen LogP contribution in [0.1, 0.15) is 130 Å². The molecule has 0 rings (SSSR count). The largest absolute Gasteiger partial charge is 0.832 e. The van der Waals surface area contributed by atoms with Crippen LogP contribution in [0.2, 0.25) is 0 Å². The predicted octanol–water partition coefficient (Wildman–Crippen LogP) is 5.44. The molecule has 2 N–H and O–H groups in total. The van der Waals surface area contributed by atoms with E-state index in [2.05, 4.69) is 27.7 Å². The van der Waals surface area contributed by atoms with Gasteiger partial charge in [0, 0.05) is 0 Å². The van der Waals surface area contributed by atoms with Crippen LogP contribution in [0.5, 0.6) is 0 Å². The molecule has 176 valence electrons. The van der Waals surface area contributed by atoms with E-state index < -0.39 is 7.32 Å². The average molecular weight is 416 g/mol. The van der Waals surface area contributed by atoms with Gasteiger partial charge in [0.15, 0.2) is 0 Å². The molecule has 0 aliphatic carbocycles. The van der Waals surface area contributed by atoms with E-state index in [1.807, 2.05) is 0 Å². The third-order valence-electron chi connectivity index (χ3n) is 5.94. The molecule has 0 spiro atoms. The SMILES string of the molecule is CCCCCCCC[N+](CCCC)(CCCC)CCCCCCCC.[O-]B(O)O. The van der Waals surface area contributed by atoms with Crippen LogP contribution in [-0.4, -0.2) is 48.0 Å². The summed E-state index contributed by atoms with van der Waals surface area (Å²) >= 11 is 0. The second-order valence-corrected chi connectivity index (χ2v) is 8.80. The standard InChI is InChI=1S/C24H52N.BH2O3/c1-5-9-13-15-17-19-23-25(21-11-7-3,22-12-8-4)24-20-18-16-14-10-6-2;2-1(3)4/h5-24H2,1-4H3;2-3H/q+1;-1. The van der Waals surface area contributed by atoms with Gasteiger partial charge in [-0.05, 0) is 38.5 Å². The van der Waals surface area contributed by atoms with Crippen LogP contribution in [0.4, 0.5) is 0 Å². The maximum atomic E-state index is 8.64. The lowest BCUT2D eigenvalue weighted by molar-refractivity contribution is -0.929. The first-order chi connectivity index (χ1) is 14.0. The van der Waals surface area contributed by atoms with Crippen molar-refractivity contribution >= 4 is 7.32 Å². The van der Waals surface area contributed by atoms with Gasteiger partial charge in [-0.1, -0.05) is 91.9 Å². The Balaban J connectivity index is 0. The first-order valence-corrected chi connectivity index (χ1v) is 12.8. The fourth-order valence-corrected chi connectivity index (χ4v) is 4.11. The molecule has 0 aliphatic rings. The van der Waals surface area contributed by atoms with Gasteiger partial charge in [-0.3, -0.25) is 0 Å². The third kappa shape index (κ3) is 24.0. The van der Waals surface area contributed by atoms with Crippen LogP contribution >= 0.6 is 0 Å². The fraction of sp³-hybridized carbons (Fsp3) is 1.00. The number of hydrogen-bond donors (Lipinski definition) is 2. The molecule has 0 aromatic heterocycles. The topological polar surface area (TPSA) is 63.5 Å². The summed E-state index contributed by atoms with van der Waals surface area (Å²) < 4.78 is 1.45. The average Bonchev–Trinajstić information content (AvgIpc) is 2.69. The predicted molar refractivity (Wildman–Crippen MR) is 126 cm³/mol. The summed E-state index contributed by atoms with van der Waals surface area (Å²) in [5, 5.41) is 22.8. The number of hydrogen-bond acceptors (Lipinski definition) is 3. The highest BCUT2D eigenvalue weighted by molar-refractivity contribution is 6.28. The van der Waals surface area contributed by atoms with Gasteiger partial charge in [-0.15, -0.1) is 0 Å². The van der Waals surface area contributed by atoms with Crippen molar-refractivity contribution in [2.45, 2.75) is 130 Å². The Kier molecular flexibility index (Phi) is 25.9.